The van der Waals surface area contributed by atoms with Crippen molar-refractivity contribution in [1.82, 2.24) is 14.5 Å². The van der Waals surface area contributed by atoms with Crippen LogP contribution in [0.25, 0.3) is 16.6 Å². The number of rotatable bonds is 4. The molecule has 0 aliphatic carbocycles. The fourth-order valence-electron chi connectivity index (χ4n) is 3.81. The van der Waals surface area contributed by atoms with Crippen molar-refractivity contribution in [3.63, 3.8) is 0 Å². The molecule has 3 aromatic rings. The number of hydrogen-bond acceptors (Lipinski definition) is 6. The first-order valence-electron chi connectivity index (χ1n) is 10.9. The van der Waals surface area contributed by atoms with Crippen LogP contribution in [-0.2, 0) is 14.6 Å². The van der Waals surface area contributed by atoms with E-state index < -0.39 is 15.4 Å². The minimum atomic E-state index is -3.25. The third-order valence-electron chi connectivity index (χ3n) is 5.47. The van der Waals surface area contributed by atoms with E-state index in [-0.39, 0.29) is 12.2 Å². The van der Waals surface area contributed by atoms with Crippen molar-refractivity contribution < 1.29 is 22.7 Å². The molecular weight excluding hydrogens is 442 g/mol. The average molecular weight is 472 g/mol. The van der Waals surface area contributed by atoms with Gasteiger partial charge in [-0.25, -0.2) is 18.2 Å². The van der Waals surface area contributed by atoms with Gasteiger partial charge in [0, 0.05) is 49.8 Å². The molecule has 0 N–H and O–H groups in total. The molecule has 9 heteroatoms. The van der Waals surface area contributed by atoms with Crippen LogP contribution < -0.4 is 4.74 Å². The van der Waals surface area contributed by atoms with Gasteiger partial charge >= 0.3 is 6.09 Å². The molecule has 1 aromatic carbocycles. The molecular formula is C24H29N3O5S. The van der Waals surface area contributed by atoms with E-state index in [1.165, 1.54) is 6.26 Å². The number of benzene rings is 1. The molecule has 0 saturated carbocycles. The monoisotopic (exact) mass is 471 g/mol. The smallest absolute Gasteiger partial charge is 0.410 e. The summed E-state index contributed by atoms with van der Waals surface area (Å²) in [6, 6.07) is 10.7. The van der Waals surface area contributed by atoms with Gasteiger partial charge in [-0.15, -0.1) is 0 Å². The molecule has 176 valence electrons. The van der Waals surface area contributed by atoms with Gasteiger partial charge in [-0.2, -0.15) is 0 Å². The summed E-state index contributed by atoms with van der Waals surface area (Å²) >= 11 is 0. The first-order chi connectivity index (χ1) is 15.5. The number of amides is 1. The Kier molecular flexibility index (Phi) is 6.09. The van der Waals surface area contributed by atoms with E-state index in [1.54, 1.807) is 29.3 Å². The molecule has 0 radical (unpaired) electrons. The summed E-state index contributed by atoms with van der Waals surface area (Å²) in [6.07, 6.45) is 5.96. The Morgan fingerprint density at radius 3 is 2.42 bits per heavy atom. The number of fused-ring (bicyclic) bond motifs is 1. The molecule has 1 amide bonds. The number of carbonyl (C=O) groups excluding carboxylic acids is 1. The first-order valence-corrected chi connectivity index (χ1v) is 12.8. The molecule has 0 spiro atoms. The molecule has 2 aromatic heterocycles. The molecule has 0 atom stereocenters. The van der Waals surface area contributed by atoms with Gasteiger partial charge in [0.25, 0.3) is 0 Å². The highest BCUT2D eigenvalue weighted by atomic mass is 32.2. The number of nitrogens with zero attached hydrogens (tertiary/aromatic N) is 3. The Bertz CT molecular complexity index is 1250. The van der Waals surface area contributed by atoms with Crippen LogP contribution in [0.15, 0.2) is 53.7 Å². The number of piperidine rings is 1. The van der Waals surface area contributed by atoms with Gasteiger partial charge in [-0.05, 0) is 51.1 Å². The molecule has 33 heavy (non-hydrogen) atoms. The number of aromatic nitrogens is 2. The second-order valence-electron chi connectivity index (χ2n) is 9.32. The van der Waals surface area contributed by atoms with Gasteiger partial charge in [0.1, 0.15) is 11.7 Å². The molecule has 0 unspecified atom stereocenters. The van der Waals surface area contributed by atoms with Crippen LogP contribution in [0.2, 0.25) is 0 Å². The quantitative estimate of drug-likeness (QED) is 0.566. The molecule has 0 bridgehead atoms. The zero-order valence-electron chi connectivity index (χ0n) is 19.3. The lowest BCUT2D eigenvalue weighted by Crippen LogP contribution is -2.44. The Labute approximate surface area is 194 Å². The standard InChI is InChI=1S/C24H29N3O5S/c1-24(2,3)32-23(28)26-12-10-19(11-13-26)31-22-8-5-18(16-25-22)27-14-9-17-15-20(33(4,29)30)6-7-21(17)27/h5-9,14-16,19H,10-13H2,1-4H3. The van der Waals surface area contributed by atoms with Gasteiger partial charge in [-0.3, -0.25) is 0 Å². The van der Waals surface area contributed by atoms with Crippen molar-refractivity contribution in [3.05, 3.63) is 48.8 Å². The maximum atomic E-state index is 12.2. The summed E-state index contributed by atoms with van der Waals surface area (Å²) in [5.74, 6) is 0.533. The number of hydrogen-bond donors (Lipinski definition) is 0. The van der Waals surface area contributed by atoms with Crippen molar-refractivity contribution in [2.75, 3.05) is 19.3 Å². The minimum absolute atomic E-state index is 0.0103. The van der Waals surface area contributed by atoms with Crippen molar-refractivity contribution in [1.29, 1.82) is 0 Å². The summed E-state index contributed by atoms with van der Waals surface area (Å²) in [4.78, 5) is 18.7. The van der Waals surface area contributed by atoms with E-state index in [0.717, 1.165) is 16.6 Å². The summed E-state index contributed by atoms with van der Waals surface area (Å²) < 4.78 is 37.0. The zero-order valence-corrected chi connectivity index (χ0v) is 20.1. The molecule has 8 nitrogen and oxygen atoms in total. The fourth-order valence-corrected chi connectivity index (χ4v) is 4.47. The van der Waals surface area contributed by atoms with E-state index in [9.17, 15) is 13.2 Å². The number of likely N-dealkylation sites (tertiary alicyclic amines) is 1. The maximum absolute atomic E-state index is 12.2. The van der Waals surface area contributed by atoms with Gasteiger partial charge in [0.15, 0.2) is 9.84 Å². The predicted octanol–water partition coefficient (Wildman–Crippen LogP) is 4.21. The highest BCUT2D eigenvalue weighted by Crippen LogP contribution is 2.25. The minimum Gasteiger partial charge on any atom is -0.474 e. The lowest BCUT2D eigenvalue weighted by molar-refractivity contribution is 0.0123. The van der Waals surface area contributed by atoms with E-state index in [2.05, 4.69) is 4.98 Å². The summed E-state index contributed by atoms with van der Waals surface area (Å²) in [5, 5.41) is 0.843. The predicted molar refractivity (Wildman–Crippen MR) is 126 cm³/mol. The second kappa shape index (κ2) is 8.70. The Hall–Kier alpha value is -3.07. The van der Waals surface area contributed by atoms with Crippen LogP contribution in [0.4, 0.5) is 4.79 Å². The van der Waals surface area contributed by atoms with Gasteiger partial charge < -0.3 is 18.9 Å². The average Bonchev–Trinajstić information content (AvgIpc) is 3.16. The number of ether oxygens (including phenoxy) is 2. The third kappa shape index (κ3) is 5.47. The van der Waals surface area contributed by atoms with Crippen LogP contribution in [-0.4, -0.2) is 60.0 Å². The van der Waals surface area contributed by atoms with E-state index in [4.69, 9.17) is 9.47 Å². The molecule has 1 fully saturated rings. The topological polar surface area (TPSA) is 90.7 Å². The molecule has 3 heterocycles. The Morgan fingerprint density at radius 1 is 1.09 bits per heavy atom. The normalized spacial score (nSPS) is 15.6. The van der Waals surface area contributed by atoms with Crippen molar-refractivity contribution >= 4 is 26.8 Å². The van der Waals surface area contributed by atoms with Crippen molar-refractivity contribution in [2.24, 2.45) is 0 Å². The van der Waals surface area contributed by atoms with Crippen LogP contribution in [0.1, 0.15) is 33.6 Å². The number of pyridine rings is 1. The Balaban J connectivity index is 1.39. The SMILES string of the molecule is CC(C)(C)OC(=O)N1CCC(Oc2ccc(-n3ccc4cc(S(C)(=O)=O)ccc43)cn2)CC1. The molecule has 1 aliphatic heterocycles. The Morgan fingerprint density at radius 2 is 1.82 bits per heavy atom. The van der Waals surface area contributed by atoms with Crippen LogP contribution in [0, 0.1) is 0 Å². The van der Waals surface area contributed by atoms with Crippen LogP contribution >= 0.6 is 0 Å². The van der Waals surface area contributed by atoms with Crippen LogP contribution in [0.3, 0.4) is 0 Å². The molecule has 1 saturated heterocycles. The lowest BCUT2D eigenvalue weighted by atomic mass is 10.1. The lowest BCUT2D eigenvalue weighted by Gasteiger charge is -2.33. The van der Waals surface area contributed by atoms with Crippen molar-refractivity contribution in [2.45, 2.75) is 50.2 Å². The third-order valence-corrected chi connectivity index (χ3v) is 6.58. The van der Waals surface area contributed by atoms with Gasteiger partial charge in [0.2, 0.25) is 5.88 Å². The van der Waals surface area contributed by atoms with Crippen molar-refractivity contribution in [3.8, 4) is 11.6 Å². The largest absolute Gasteiger partial charge is 0.474 e. The highest BCUT2D eigenvalue weighted by molar-refractivity contribution is 7.90. The number of sulfone groups is 1. The summed E-state index contributed by atoms with van der Waals surface area (Å²) in [6.45, 7) is 6.75. The molecule has 1 aliphatic rings. The molecule has 4 rings (SSSR count). The van der Waals surface area contributed by atoms with E-state index >= 15 is 0 Å². The number of carbonyl (C=O) groups is 1. The zero-order chi connectivity index (χ0) is 23.8. The van der Waals surface area contributed by atoms with E-state index in [1.807, 2.05) is 49.7 Å². The summed E-state index contributed by atoms with van der Waals surface area (Å²) in [5.41, 5.74) is 1.24. The maximum Gasteiger partial charge on any atom is 0.410 e. The highest BCUT2D eigenvalue weighted by Gasteiger charge is 2.27. The summed E-state index contributed by atoms with van der Waals surface area (Å²) in [7, 11) is -3.25. The first kappa shape index (κ1) is 23.1. The van der Waals surface area contributed by atoms with E-state index in [0.29, 0.717) is 36.7 Å². The second-order valence-corrected chi connectivity index (χ2v) is 11.3. The van der Waals surface area contributed by atoms with Gasteiger partial charge in [0.05, 0.1) is 22.3 Å². The van der Waals surface area contributed by atoms with Crippen LogP contribution in [0.5, 0.6) is 5.88 Å². The van der Waals surface area contributed by atoms with Gasteiger partial charge in [-0.1, -0.05) is 0 Å². The fraction of sp³-hybridized carbons (Fsp3) is 0.417.